The number of carbonyl (C=O) groups excluding carboxylic acids is 1. The van der Waals surface area contributed by atoms with Crippen LogP contribution in [0.2, 0.25) is 0 Å². The monoisotopic (exact) mass is 239 g/mol. The Morgan fingerprint density at radius 3 is 2.82 bits per heavy atom. The van der Waals surface area contributed by atoms with Crippen LogP contribution in [0.1, 0.15) is 50.5 Å². The van der Waals surface area contributed by atoms with Gasteiger partial charge in [-0.1, -0.05) is 19.0 Å². The summed E-state index contributed by atoms with van der Waals surface area (Å²) in [5, 5.41) is 6.77. The second-order valence-electron chi connectivity index (χ2n) is 4.05. The van der Waals surface area contributed by atoms with Crippen LogP contribution in [-0.4, -0.2) is 17.6 Å². The first kappa shape index (κ1) is 13.7. The molecule has 5 heteroatoms. The van der Waals surface area contributed by atoms with Gasteiger partial charge in [0.15, 0.2) is 5.76 Å². The van der Waals surface area contributed by atoms with Crippen LogP contribution in [0.5, 0.6) is 0 Å². The summed E-state index contributed by atoms with van der Waals surface area (Å²) in [5.41, 5.74) is 6.25. The lowest BCUT2D eigenvalue weighted by atomic mass is 9.99. The molecule has 3 N–H and O–H groups in total. The first-order chi connectivity index (χ1) is 8.21. The molecule has 0 bridgehead atoms. The van der Waals surface area contributed by atoms with E-state index < -0.39 is 0 Å². The number of hydrogen-bond acceptors (Lipinski definition) is 4. The van der Waals surface area contributed by atoms with Gasteiger partial charge in [-0.15, -0.1) is 0 Å². The van der Waals surface area contributed by atoms with E-state index in [-0.39, 0.29) is 5.91 Å². The van der Waals surface area contributed by atoms with Gasteiger partial charge in [-0.2, -0.15) is 0 Å². The molecule has 0 aromatic carbocycles. The van der Waals surface area contributed by atoms with Crippen molar-refractivity contribution in [3.63, 3.8) is 0 Å². The molecule has 0 saturated carbocycles. The second-order valence-corrected chi connectivity index (χ2v) is 4.05. The smallest absolute Gasteiger partial charge is 0.221 e. The van der Waals surface area contributed by atoms with Crippen molar-refractivity contribution in [3.05, 3.63) is 17.5 Å². The van der Waals surface area contributed by atoms with E-state index in [4.69, 9.17) is 10.3 Å². The molecule has 0 spiro atoms. The Bertz CT molecular complexity index is 345. The average molecular weight is 239 g/mol. The first-order valence-electron chi connectivity index (χ1n) is 6.13. The SMILES string of the molecule is CCC(CC)c1cc(CNC(=O)CCN)on1. The van der Waals surface area contributed by atoms with Crippen molar-refractivity contribution in [1.29, 1.82) is 0 Å². The van der Waals surface area contributed by atoms with Crippen LogP contribution in [0.15, 0.2) is 10.6 Å². The van der Waals surface area contributed by atoms with Crippen LogP contribution in [0, 0.1) is 0 Å². The van der Waals surface area contributed by atoms with Gasteiger partial charge in [-0.25, -0.2) is 0 Å². The van der Waals surface area contributed by atoms with E-state index >= 15 is 0 Å². The minimum atomic E-state index is -0.0621. The Morgan fingerprint density at radius 1 is 1.53 bits per heavy atom. The molecule has 1 rings (SSSR count). The molecule has 0 radical (unpaired) electrons. The summed E-state index contributed by atoms with van der Waals surface area (Å²) in [6.45, 7) is 5.00. The van der Waals surface area contributed by atoms with Gasteiger partial charge in [0.2, 0.25) is 5.91 Å². The molecule has 0 aliphatic carbocycles. The summed E-state index contributed by atoms with van der Waals surface area (Å²) >= 11 is 0. The molecule has 0 aliphatic rings. The van der Waals surface area contributed by atoms with E-state index in [1.54, 1.807) is 0 Å². The highest BCUT2D eigenvalue weighted by molar-refractivity contribution is 5.75. The molecule has 1 heterocycles. The summed E-state index contributed by atoms with van der Waals surface area (Å²) in [6, 6.07) is 1.92. The van der Waals surface area contributed by atoms with Gasteiger partial charge in [-0.05, 0) is 12.8 Å². The van der Waals surface area contributed by atoms with Crippen LogP contribution in [0.3, 0.4) is 0 Å². The Labute approximate surface area is 102 Å². The third kappa shape index (κ3) is 4.19. The zero-order chi connectivity index (χ0) is 12.7. The van der Waals surface area contributed by atoms with Gasteiger partial charge in [0.1, 0.15) is 0 Å². The number of nitrogens with one attached hydrogen (secondary N) is 1. The van der Waals surface area contributed by atoms with Crippen molar-refractivity contribution in [2.75, 3.05) is 6.54 Å². The van der Waals surface area contributed by atoms with Gasteiger partial charge >= 0.3 is 0 Å². The third-order valence-electron chi connectivity index (χ3n) is 2.81. The summed E-state index contributed by atoms with van der Waals surface area (Å²) in [5.74, 6) is 1.07. The Kier molecular flexibility index (Phi) is 5.69. The lowest BCUT2D eigenvalue weighted by Gasteiger charge is -2.05. The number of carbonyl (C=O) groups is 1. The average Bonchev–Trinajstić information content (AvgIpc) is 2.77. The van der Waals surface area contributed by atoms with E-state index in [9.17, 15) is 4.79 Å². The first-order valence-corrected chi connectivity index (χ1v) is 6.13. The van der Waals surface area contributed by atoms with Crippen LogP contribution in [-0.2, 0) is 11.3 Å². The van der Waals surface area contributed by atoms with Crippen LogP contribution in [0.4, 0.5) is 0 Å². The largest absolute Gasteiger partial charge is 0.359 e. The van der Waals surface area contributed by atoms with Crippen molar-refractivity contribution in [1.82, 2.24) is 10.5 Å². The van der Waals surface area contributed by atoms with Gasteiger partial charge in [0.05, 0.1) is 12.2 Å². The van der Waals surface area contributed by atoms with Crippen LogP contribution in [0.25, 0.3) is 0 Å². The molecule has 0 atom stereocenters. The van der Waals surface area contributed by atoms with Crippen LogP contribution < -0.4 is 11.1 Å². The maximum Gasteiger partial charge on any atom is 0.221 e. The van der Waals surface area contributed by atoms with Crippen molar-refractivity contribution in [2.45, 2.75) is 45.6 Å². The summed E-state index contributed by atoms with van der Waals surface area (Å²) in [4.78, 5) is 11.2. The van der Waals surface area contributed by atoms with E-state index in [1.807, 2.05) is 6.07 Å². The highest BCUT2D eigenvalue weighted by Gasteiger charge is 2.13. The molecule has 0 fully saturated rings. The fourth-order valence-corrected chi connectivity index (χ4v) is 1.72. The van der Waals surface area contributed by atoms with Gasteiger partial charge in [0.25, 0.3) is 0 Å². The quantitative estimate of drug-likeness (QED) is 0.756. The van der Waals surface area contributed by atoms with Crippen molar-refractivity contribution in [2.24, 2.45) is 5.73 Å². The number of amides is 1. The predicted molar refractivity (Wildman–Crippen MR) is 65.3 cm³/mol. The number of nitrogens with zero attached hydrogens (tertiary/aromatic N) is 1. The molecule has 17 heavy (non-hydrogen) atoms. The normalized spacial score (nSPS) is 10.8. The number of aromatic nitrogens is 1. The number of hydrogen-bond donors (Lipinski definition) is 2. The summed E-state index contributed by atoms with van der Waals surface area (Å²) < 4.78 is 5.18. The molecule has 1 aromatic heterocycles. The fraction of sp³-hybridized carbons (Fsp3) is 0.667. The molecule has 0 aliphatic heterocycles. The van der Waals surface area contributed by atoms with Crippen molar-refractivity contribution < 1.29 is 9.32 Å². The molecule has 5 nitrogen and oxygen atoms in total. The number of rotatable bonds is 7. The van der Waals surface area contributed by atoms with Gasteiger partial charge < -0.3 is 15.6 Å². The topological polar surface area (TPSA) is 81.2 Å². The van der Waals surface area contributed by atoms with E-state index in [2.05, 4.69) is 24.3 Å². The Morgan fingerprint density at radius 2 is 2.24 bits per heavy atom. The lowest BCUT2D eigenvalue weighted by Crippen LogP contribution is -2.24. The van der Waals surface area contributed by atoms with Crippen molar-refractivity contribution in [3.8, 4) is 0 Å². The Hall–Kier alpha value is -1.36. The van der Waals surface area contributed by atoms with E-state index in [1.165, 1.54) is 0 Å². The third-order valence-corrected chi connectivity index (χ3v) is 2.81. The summed E-state index contributed by atoms with van der Waals surface area (Å²) in [6.07, 6.45) is 2.43. The summed E-state index contributed by atoms with van der Waals surface area (Å²) in [7, 11) is 0. The lowest BCUT2D eigenvalue weighted by molar-refractivity contribution is -0.121. The van der Waals surface area contributed by atoms with Crippen LogP contribution >= 0.6 is 0 Å². The molecular weight excluding hydrogens is 218 g/mol. The maximum atomic E-state index is 11.2. The van der Waals surface area contributed by atoms with E-state index in [0.29, 0.717) is 31.2 Å². The molecule has 96 valence electrons. The fourth-order valence-electron chi connectivity index (χ4n) is 1.72. The molecular formula is C12H21N3O2. The highest BCUT2D eigenvalue weighted by Crippen LogP contribution is 2.22. The molecule has 1 amide bonds. The maximum absolute atomic E-state index is 11.2. The zero-order valence-electron chi connectivity index (χ0n) is 10.5. The minimum Gasteiger partial charge on any atom is -0.359 e. The second kappa shape index (κ2) is 7.06. The predicted octanol–water partition coefficient (Wildman–Crippen LogP) is 1.54. The van der Waals surface area contributed by atoms with Gasteiger partial charge in [-0.3, -0.25) is 4.79 Å². The minimum absolute atomic E-state index is 0.0621. The van der Waals surface area contributed by atoms with E-state index in [0.717, 1.165) is 18.5 Å². The zero-order valence-corrected chi connectivity index (χ0v) is 10.5. The molecule has 1 aromatic rings. The standard InChI is InChI=1S/C12H21N3O2/c1-3-9(4-2)11-7-10(17-15-11)8-14-12(16)5-6-13/h7,9H,3-6,8,13H2,1-2H3,(H,14,16). The van der Waals surface area contributed by atoms with Crippen molar-refractivity contribution >= 4 is 5.91 Å². The molecule has 0 saturated heterocycles. The number of nitrogens with two attached hydrogens (primary N) is 1. The molecule has 0 unspecified atom stereocenters. The highest BCUT2D eigenvalue weighted by atomic mass is 16.5. The van der Waals surface area contributed by atoms with Gasteiger partial charge in [0, 0.05) is 24.9 Å². The Balaban J connectivity index is 2.48.